The molecule has 1 aliphatic rings. The summed E-state index contributed by atoms with van der Waals surface area (Å²) in [7, 11) is -1.95. The van der Waals surface area contributed by atoms with E-state index in [1.54, 1.807) is 26.2 Å². The van der Waals surface area contributed by atoms with Gasteiger partial charge >= 0.3 is 0 Å². The Kier molecular flexibility index (Phi) is 5.78. The van der Waals surface area contributed by atoms with Crippen molar-refractivity contribution in [2.45, 2.75) is 37.6 Å². The van der Waals surface area contributed by atoms with Crippen LogP contribution >= 0.6 is 0 Å². The van der Waals surface area contributed by atoms with Gasteiger partial charge < -0.3 is 10.1 Å². The van der Waals surface area contributed by atoms with E-state index >= 15 is 0 Å². The first-order valence-electron chi connectivity index (χ1n) is 7.77. The number of nitrogens with one attached hydrogen (secondary N) is 1. The number of carbonyl (C=O) groups excluding carboxylic acids is 1. The number of nitrogens with zero attached hydrogens (tertiary/aromatic N) is 1. The van der Waals surface area contributed by atoms with Crippen molar-refractivity contribution >= 4 is 15.9 Å². The number of ether oxygens (including phenoxy) is 1. The Morgan fingerprint density at radius 3 is 2.61 bits per heavy atom. The van der Waals surface area contributed by atoms with Crippen molar-refractivity contribution in [3.8, 4) is 0 Å². The molecule has 0 saturated carbocycles. The van der Waals surface area contributed by atoms with Crippen molar-refractivity contribution in [1.82, 2.24) is 9.62 Å². The number of benzene rings is 1. The Hall–Kier alpha value is -1.44. The van der Waals surface area contributed by atoms with Gasteiger partial charge in [-0.2, -0.15) is 4.31 Å². The number of carbonyl (C=O) groups is 1. The molecule has 1 aromatic carbocycles. The van der Waals surface area contributed by atoms with E-state index in [0.29, 0.717) is 25.3 Å². The topological polar surface area (TPSA) is 75.7 Å². The number of hydrogen-bond donors (Lipinski definition) is 1. The predicted octanol–water partition coefficient (Wildman–Crippen LogP) is 1.54. The lowest BCUT2D eigenvalue weighted by Gasteiger charge is -2.18. The molecular formula is C16H24N2O4S. The summed E-state index contributed by atoms with van der Waals surface area (Å²) in [5, 5.41) is 2.81. The summed E-state index contributed by atoms with van der Waals surface area (Å²) in [5.41, 5.74) is 1.13. The predicted molar refractivity (Wildman–Crippen MR) is 88.0 cm³/mol. The fourth-order valence-electron chi connectivity index (χ4n) is 2.68. The van der Waals surface area contributed by atoms with Gasteiger partial charge in [0.05, 0.1) is 11.5 Å². The van der Waals surface area contributed by atoms with Gasteiger partial charge in [-0.3, -0.25) is 4.79 Å². The fourth-order valence-corrected chi connectivity index (χ4v) is 4.22. The van der Waals surface area contributed by atoms with Gasteiger partial charge in [0, 0.05) is 31.8 Å². The lowest BCUT2D eigenvalue weighted by molar-refractivity contribution is 0.0904. The molecule has 1 saturated heterocycles. The Balaban J connectivity index is 2.26. The zero-order valence-electron chi connectivity index (χ0n) is 13.8. The molecule has 0 radical (unpaired) electrons. The second kappa shape index (κ2) is 7.42. The van der Waals surface area contributed by atoms with E-state index in [0.717, 1.165) is 18.4 Å². The number of sulfonamides is 1. The first-order valence-corrected chi connectivity index (χ1v) is 9.21. The third-order valence-electron chi connectivity index (χ3n) is 3.95. The zero-order chi connectivity index (χ0) is 17.0. The number of aryl methyl sites for hydroxylation is 1. The normalized spacial score (nSPS) is 17.2. The first-order chi connectivity index (χ1) is 10.9. The lowest BCUT2D eigenvalue weighted by atomic mass is 10.1. The summed E-state index contributed by atoms with van der Waals surface area (Å²) >= 11 is 0. The van der Waals surface area contributed by atoms with Gasteiger partial charge in [-0.15, -0.1) is 0 Å². The number of amides is 1. The van der Waals surface area contributed by atoms with Crippen LogP contribution in [0, 0.1) is 6.92 Å². The van der Waals surface area contributed by atoms with Crippen molar-refractivity contribution in [1.29, 1.82) is 0 Å². The molecule has 0 aliphatic carbocycles. The molecule has 128 valence electrons. The molecule has 1 aromatic rings. The molecular weight excluding hydrogens is 316 g/mol. The molecule has 23 heavy (non-hydrogen) atoms. The van der Waals surface area contributed by atoms with E-state index in [-0.39, 0.29) is 16.8 Å². The molecule has 0 bridgehead atoms. The smallest absolute Gasteiger partial charge is 0.251 e. The van der Waals surface area contributed by atoms with Gasteiger partial charge in [-0.1, -0.05) is 6.07 Å². The minimum absolute atomic E-state index is 0.147. The van der Waals surface area contributed by atoms with Gasteiger partial charge in [0.15, 0.2) is 0 Å². The Morgan fingerprint density at radius 2 is 2.00 bits per heavy atom. The Bertz CT molecular complexity index is 667. The maximum atomic E-state index is 12.6. The number of methoxy groups -OCH3 is 1. The summed E-state index contributed by atoms with van der Waals surface area (Å²) in [6.45, 7) is 5.12. The van der Waals surface area contributed by atoms with Crippen LogP contribution in [0.5, 0.6) is 0 Å². The quantitative estimate of drug-likeness (QED) is 0.852. The highest BCUT2D eigenvalue weighted by molar-refractivity contribution is 7.89. The molecule has 0 spiro atoms. The standard InChI is InChI=1S/C16H24N2O4S/c1-12-6-7-14(23(20,21)18-8-4-5-9-18)10-15(12)16(19)17-13(2)11-22-3/h6-7,10,13H,4-5,8-9,11H2,1-3H3,(H,17,19)/t13-/m0/s1. The molecule has 1 N–H and O–H groups in total. The summed E-state index contributed by atoms with van der Waals surface area (Å²) in [6, 6.07) is 4.57. The average molecular weight is 340 g/mol. The van der Waals surface area contributed by atoms with Crippen molar-refractivity contribution in [3.05, 3.63) is 29.3 Å². The highest BCUT2D eigenvalue weighted by Gasteiger charge is 2.28. The third-order valence-corrected chi connectivity index (χ3v) is 5.85. The van der Waals surface area contributed by atoms with Crippen molar-refractivity contribution < 1.29 is 17.9 Å². The molecule has 1 amide bonds. The van der Waals surface area contributed by atoms with Crippen LogP contribution in [0.15, 0.2) is 23.1 Å². The lowest BCUT2D eigenvalue weighted by Crippen LogP contribution is -2.36. The maximum absolute atomic E-state index is 12.6. The minimum Gasteiger partial charge on any atom is -0.383 e. The summed E-state index contributed by atoms with van der Waals surface area (Å²) < 4.78 is 31.7. The van der Waals surface area contributed by atoms with Crippen LogP contribution in [0.25, 0.3) is 0 Å². The minimum atomic E-state index is -3.52. The zero-order valence-corrected chi connectivity index (χ0v) is 14.6. The van der Waals surface area contributed by atoms with Gasteiger partial charge in [0.1, 0.15) is 0 Å². The Labute approximate surface area is 137 Å². The molecule has 1 aliphatic heterocycles. The first kappa shape index (κ1) is 17.9. The molecule has 1 fully saturated rings. The van der Waals surface area contributed by atoms with Crippen LogP contribution in [-0.2, 0) is 14.8 Å². The molecule has 0 unspecified atom stereocenters. The van der Waals surface area contributed by atoms with Crippen LogP contribution < -0.4 is 5.32 Å². The van der Waals surface area contributed by atoms with Gasteiger partial charge in [0.2, 0.25) is 10.0 Å². The van der Waals surface area contributed by atoms with Gasteiger partial charge in [0.25, 0.3) is 5.91 Å². The van der Waals surface area contributed by atoms with E-state index in [1.807, 2.05) is 6.92 Å². The van der Waals surface area contributed by atoms with Crippen LogP contribution in [-0.4, -0.2) is 51.5 Å². The van der Waals surface area contributed by atoms with E-state index in [9.17, 15) is 13.2 Å². The van der Waals surface area contributed by atoms with E-state index in [4.69, 9.17) is 4.74 Å². The van der Waals surface area contributed by atoms with Crippen molar-refractivity contribution in [3.63, 3.8) is 0 Å². The molecule has 2 rings (SSSR count). The third kappa shape index (κ3) is 4.10. The molecule has 0 aromatic heterocycles. The summed E-state index contributed by atoms with van der Waals surface area (Å²) in [6.07, 6.45) is 1.76. The number of hydrogen-bond acceptors (Lipinski definition) is 4. The van der Waals surface area contributed by atoms with Crippen LogP contribution in [0.4, 0.5) is 0 Å². The van der Waals surface area contributed by atoms with Gasteiger partial charge in [-0.05, 0) is 44.4 Å². The molecule has 1 heterocycles. The second-order valence-electron chi connectivity index (χ2n) is 5.92. The summed E-state index contributed by atoms with van der Waals surface area (Å²) in [5.74, 6) is -0.287. The largest absolute Gasteiger partial charge is 0.383 e. The molecule has 6 nitrogen and oxygen atoms in total. The number of rotatable bonds is 6. The van der Waals surface area contributed by atoms with Crippen molar-refractivity contribution in [2.24, 2.45) is 0 Å². The van der Waals surface area contributed by atoms with Crippen LogP contribution in [0.1, 0.15) is 35.7 Å². The van der Waals surface area contributed by atoms with Crippen molar-refractivity contribution in [2.75, 3.05) is 26.8 Å². The molecule has 1 atom stereocenters. The van der Waals surface area contributed by atoms with Crippen LogP contribution in [0.2, 0.25) is 0 Å². The van der Waals surface area contributed by atoms with E-state index in [2.05, 4.69) is 5.32 Å². The second-order valence-corrected chi connectivity index (χ2v) is 7.86. The SMILES string of the molecule is COC[C@H](C)NC(=O)c1cc(S(=O)(=O)N2CCCC2)ccc1C. The Morgan fingerprint density at radius 1 is 1.35 bits per heavy atom. The average Bonchev–Trinajstić information content (AvgIpc) is 3.02. The summed E-state index contributed by atoms with van der Waals surface area (Å²) in [4.78, 5) is 12.6. The highest BCUT2D eigenvalue weighted by atomic mass is 32.2. The maximum Gasteiger partial charge on any atom is 0.251 e. The van der Waals surface area contributed by atoms with Crippen LogP contribution in [0.3, 0.4) is 0 Å². The fraction of sp³-hybridized carbons (Fsp3) is 0.562. The molecule has 7 heteroatoms. The monoisotopic (exact) mass is 340 g/mol. The highest BCUT2D eigenvalue weighted by Crippen LogP contribution is 2.23. The van der Waals surface area contributed by atoms with E-state index in [1.165, 1.54) is 10.4 Å². The van der Waals surface area contributed by atoms with E-state index < -0.39 is 10.0 Å². The van der Waals surface area contributed by atoms with Gasteiger partial charge in [-0.25, -0.2) is 8.42 Å².